The molecule has 0 saturated carbocycles. The molecule has 0 radical (unpaired) electrons. The van der Waals surface area contributed by atoms with Crippen molar-refractivity contribution in [2.24, 2.45) is 0 Å². The second kappa shape index (κ2) is 5.92. The van der Waals surface area contributed by atoms with E-state index < -0.39 is 27.9 Å². The number of hydrogen-bond acceptors (Lipinski definition) is 4. The third-order valence-electron chi connectivity index (χ3n) is 2.10. The summed E-state index contributed by atoms with van der Waals surface area (Å²) >= 11 is 0. The first-order chi connectivity index (χ1) is 8.36. The Hall–Kier alpha value is -1.47. The average Bonchev–Trinajstić information content (AvgIpc) is 2.29. The average molecular weight is 275 g/mol. The minimum absolute atomic E-state index is 0.111. The molecule has 18 heavy (non-hydrogen) atoms. The Morgan fingerprint density at radius 1 is 1.39 bits per heavy atom. The molecule has 1 N–H and O–H groups in total. The number of hydrogen-bond donors (Lipinski definition) is 1. The van der Waals surface area contributed by atoms with Gasteiger partial charge in [-0.1, -0.05) is 0 Å². The highest BCUT2D eigenvalue weighted by Crippen LogP contribution is 2.10. The van der Waals surface area contributed by atoms with Crippen molar-refractivity contribution in [3.63, 3.8) is 0 Å². The lowest BCUT2D eigenvalue weighted by Gasteiger charge is -2.12. The van der Waals surface area contributed by atoms with E-state index in [-0.39, 0.29) is 11.5 Å². The SMILES string of the molecule is CCOC(=O)C(C)NS(=O)(=O)c1ccc(F)cc1. The van der Waals surface area contributed by atoms with Gasteiger partial charge in [0.15, 0.2) is 0 Å². The molecular formula is C11H14FNO4S. The van der Waals surface area contributed by atoms with Crippen LogP contribution in [0.1, 0.15) is 13.8 Å². The van der Waals surface area contributed by atoms with Crippen LogP contribution >= 0.6 is 0 Å². The zero-order valence-corrected chi connectivity index (χ0v) is 10.8. The fourth-order valence-corrected chi connectivity index (χ4v) is 2.42. The summed E-state index contributed by atoms with van der Waals surface area (Å²) in [5.41, 5.74) is 0. The monoisotopic (exact) mass is 275 g/mol. The standard InChI is InChI=1S/C11H14FNO4S/c1-3-17-11(14)8(2)13-18(15,16)10-6-4-9(12)5-7-10/h4-8,13H,3H2,1-2H3. The van der Waals surface area contributed by atoms with Gasteiger partial charge in [-0.15, -0.1) is 0 Å². The van der Waals surface area contributed by atoms with Crippen LogP contribution in [0.25, 0.3) is 0 Å². The predicted molar refractivity (Wildman–Crippen MR) is 62.8 cm³/mol. The second-order valence-electron chi connectivity index (χ2n) is 3.55. The van der Waals surface area contributed by atoms with Gasteiger partial charge < -0.3 is 4.74 Å². The lowest BCUT2D eigenvalue weighted by molar-refractivity contribution is -0.144. The smallest absolute Gasteiger partial charge is 0.323 e. The van der Waals surface area contributed by atoms with Crippen LogP contribution in [0.5, 0.6) is 0 Å². The third-order valence-corrected chi connectivity index (χ3v) is 3.65. The predicted octanol–water partition coefficient (Wildman–Crippen LogP) is 1.06. The van der Waals surface area contributed by atoms with Crippen molar-refractivity contribution in [2.45, 2.75) is 24.8 Å². The number of esters is 1. The molecule has 0 aliphatic rings. The van der Waals surface area contributed by atoms with Crippen LogP contribution in [0.3, 0.4) is 0 Å². The Morgan fingerprint density at radius 2 is 1.94 bits per heavy atom. The van der Waals surface area contributed by atoms with Gasteiger partial charge in [-0.25, -0.2) is 12.8 Å². The number of rotatable bonds is 5. The van der Waals surface area contributed by atoms with Crippen LogP contribution in [0.4, 0.5) is 4.39 Å². The number of carbonyl (C=O) groups is 1. The normalized spacial score (nSPS) is 13.1. The molecule has 0 saturated heterocycles. The maximum absolute atomic E-state index is 12.7. The highest BCUT2D eigenvalue weighted by Gasteiger charge is 2.22. The fourth-order valence-electron chi connectivity index (χ4n) is 1.23. The van der Waals surface area contributed by atoms with Gasteiger partial charge in [0.25, 0.3) is 0 Å². The molecule has 7 heteroatoms. The lowest BCUT2D eigenvalue weighted by atomic mass is 10.4. The maximum atomic E-state index is 12.7. The van der Waals surface area contributed by atoms with Gasteiger partial charge in [-0.05, 0) is 38.1 Å². The Kier molecular flexibility index (Phi) is 4.80. The summed E-state index contributed by atoms with van der Waals surface area (Å²) in [5.74, 6) is -1.20. The van der Waals surface area contributed by atoms with Crippen molar-refractivity contribution in [3.05, 3.63) is 30.1 Å². The molecule has 0 aromatic heterocycles. The van der Waals surface area contributed by atoms with E-state index in [1.807, 2.05) is 0 Å². The van der Waals surface area contributed by atoms with E-state index in [1.54, 1.807) is 6.92 Å². The van der Waals surface area contributed by atoms with Gasteiger partial charge in [0, 0.05) is 0 Å². The molecule has 0 fully saturated rings. The topological polar surface area (TPSA) is 72.5 Å². The van der Waals surface area contributed by atoms with E-state index in [0.717, 1.165) is 24.3 Å². The van der Waals surface area contributed by atoms with Crippen LogP contribution in [0.15, 0.2) is 29.2 Å². The number of nitrogens with one attached hydrogen (secondary N) is 1. The molecule has 0 amide bonds. The van der Waals surface area contributed by atoms with E-state index in [2.05, 4.69) is 9.46 Å². The van der Waals surface area contributed by atoms with E-state index in [1.165, 1.54) is 6.92 Å². The van der Waals surface area contributed by atoms with Gasteiger partial charge in [0.1, 0.15) is 11.9 Å². The van der Waals surface area contributed by atoms with Crippen LogP contribution in [-0.4, -0.2) is 27.0 Å². The number of sulfonamides is 1. The minimum Gasteiger partial charge on any atom is -0.465 e. The van der Waals surface area contributed by atoms with Crippen LogP contribution < -0.4 is 4.72 Å². The lowest BCUT2D eigenvalue weighted by Crippen LogP contribution is -2.39. The minimum atomic E-state index is -3.86. The summed E-state index contributed by atoms with van der Waals surface area (Å²) in [7, 11) is -3.86. The van der Waals surface area contributed by atoms with E-state index in [4.69, 9.17) is 0 Å². The van der Waals surface area contributed by atoms with Crippen LogP contribution in [0, 0.1) is 5.82 Å². The highest BCUT2D eigenvalue weighted by atomic mass is 32.2. The van der Waals surface area contributed by atoms with Crippen LogP contribution in [0.2, 0.25) is 0 Å². The Bertz CT molecular complexity index is 512. The zero-order valence-electron chi connectivity index (χ0n) is 10.0. The van der Waals surface area contributed by atoms with E-state index in [9.17, 15) is 17.6 Å². The molecule has 1 unspecified atom stereocenters. The van der Waals surface area contributed by atoms with Crippen molar-refractivity contribution in [1.82, 2.24) is 4.72 Å². The van der Waals surface area contributed by atoms with Crippen molar-refractivity contribution < 1.29 is 22.3 Å². The summed E-state index contributed by atoms with van der Waals surface area (Å²) in [6.07, 6.45) is 0. The molecule has 0 aliphatic carbocycles. The first-order valence-corrected chi connectivity index (χ1v) is 6.79. The van der Waals surface area contributed by atoms with Crippen molar-refractivity contribution in [2.75, 3.05) is 6.61 Å². The molecule has 0 bridgehead atoms. The molecular weight excluding hydrogens is 261 g/mol. The molecule has 0 aliphatic heterocycles. The maximum Gasteiger partial charge on any atom is 0.323 e. The molecule has 0 heterocycles. The number of benzene rings is 1. The van der Waals surface area contributed by atoms with Gasteiger partial charge in [-0.2, -0.15) is 4.72 Å². The Morgan fingerprint density at radius 3 is 2.44 bits per heavy atom. The first kappa shape index (κ1) is 14.6. The quantitative estimate of drug-likeness (QED) is 0.815. The Balaban J connectivity index is 2.82. The Labute approximate surface area is 105 Å². The number of carbonyl (C=O) groups excluding carboxylic acids is 1. The number of halogens is 1. The molecule has 100 valence electrons. The van der Waals surface area contributed by atoms with Gasteiger partial charge >= 0.3 is 5.97 Å². The molecule has 1 atom stereocenters. The van der Waals surface area contributed by atoms with Crippen molar-refractivity contribution in [3.8, 4) is 0 Å². The molecule has 0 spiro atoms. The summed E-state index contributed by atoms with van der Waals surface area (Å²) in [6, 6.07) is 3.30. The summed E-state index contributed by atoms with van der Waals surface area (Å²) in [5, 5.41) is 0. The largest absolute Gasteiger partial charge is 0.465 e. The van der Waals surface area contributed by atoms with Crippen molar-refractivity contribution in [1.29, 1.82) is 0 Å². The van der Waals surface area contributed by atoms with Crippen molar-refractivity contribution >= 4 is 16.0 Å². The third kappa shape index (κ3) is 3.78. The number of ether oxygens (including phenoxy) is 1. The van der Waals surface area contributed by atoms with Gasteiger partial charge in [-0.3, -0.25) is 4.79 Å². The molecule has 1 aromatic rings. The first-order valence-electron chi connectivity index (χ1n) is 5.31. The van der Waals surface area contributed by atoms with E-state index in [0.29, 0.717) is 0 Å². The zero-order chi connectivity index (χ0) is 13.8. The van der Waals surface area contributed by atoms with E-state index >= 15 is 0 Å². The fraction of sp³-hybridized carbons (Fsp3) is 0.364. The molecule has 1 rings (SSSR count). The summed E-state index contributed by atoms with van der Waals surface area (Å²) in [4.78, 5) is 11.2. The van der Waals surface area contributed by atoms with Crippen LogP contribution in [-0.2, 0) is 19.6 Å². The van der Waals surface area contributed by atoms with Gasteiger partial charge in [0.2, 0.25) is 10.0 Å². The second-order valence-corrected chi connectivity index (χ2v) is 5.26. The summed E-state index contributed by atoms with van der Waals surface area (Å²) < 4.78 is 43.1. The highest BCUT2D eigenvalue weighted by molar-refractivity contribution is 7.89. The molecule has 1 aromatic carbocycles. The molecule has 5 nitrogen and oxygen atoms in total. The summed E-state index contributed by atoms with van der Waals surface area (Å²) in [6.45, 7) is 3.17. The van der Waals surface area contributed by atoms with Gasteiger partial charge in [0.05, 0.1) is 11.5 Å².